The Hall–Kier alpha value is -0.470. The molecule has 68 valence electrons. The van der Waals surface area contributed by atoms with Gasteiger partial charge in [-0.2, -0.15) is 0 Å². The zero-order chi connectivity index (χ0) is 7.52. The summed E-state index contributed by atoms with van der Waals surface area (Å²) in [7, 11) is 0. The SMILES string of the molecule is Cl.c1coc(C2CCNCC2)c1. The van der Waals surface area contributed by atoms with Crippen LogP contribution in [0.4, 0.5) is 0 Å². The number of rotatable bonds is 1. The fourth-order valence-electron chi connectivity index (χ4n) is 1.63. The molecule has 1 aromatic heterocycles. The first kappa shape index (κ1) is 9.62. The Morgan fingerprint density at radius 1 is 1.33 bits per heavy atom. The van der Waals surface area contributed by atoms with Gasteiger partial charge in [0.05, 0.1) is 6.26 Å². The van der Waals surface area contributed by atoms with Crippen molar-refractivity contribution >= 4 is 12.4 Å². The Morgan fingerprint density at radius 3 is 2.67 bits per heavy atom. The van der Waals surface area contributed by atoms with Crippen LogP contribution < -0.4 is 5.32 Å². The van der Waals surface area contributed by atoms with Gasteiger partial charge in [0.25, 0.3) is 0 Å². The summed E-state index contributed by atoms with van der Waals surface area (Å²) in [6.45, 7) is 2.26. The summed E-state index contributed by atoms with van der Waals surface area (Å²) in [5.41, 5.74) is 0. The molecule has 0 radical (unpaired) electrons. The molecule has 2 heterocycles. The molecule has 0 amide bonds. The smallest absolute Gasteiger partial charge is 0.106 e. The highest BCUT2D eigenvalue weighted by atomic mass is 35.5. The van der Waals surface area contributed by atoms with Crippen LogP contribution in [0.1, 0.15) is 24.5 Å². The van der Waals surface area contributed by atoms with Crippen LogP contribution in [0.5, 0.6) is 0 Å². The molecule has 0 aliphatic carbocycles. The van der Waals surface area contributed by atoms with Gasteiger partial charge < -0.3 is 9.73 Å². The number of halogens is 1. The third kappa shape index (κ3) is 2.02. The van der Waals surface area contributed by atoms with Crippen molar-refractivity contribution in [3.8, 4) is 0 Å². The normalized spacial score (nSPS) is 18.7. The van der Waals surface area contributed by atoms with E-state index in [4.69, 9.17) is 4.42 Å². The average molecular weight is 188 g/mol. The third-order valence-electron chi connectivity index (χ3n) is 2.28. The second-order valence-corrected chi connectivity index (χ2v) is 3.04. The van der Waals surface area contributed by atoms with E-state index in [1.54, 1.807) is 6.26 Å². The highest BCUT2D eigenvalue weighted by Gasteiger charge is 2.16. The minimum absolute atomic E-state index is 0. The first-order valence-corrected chi connectivity index (χ1v) is 4.21. The van der Waals surface area contributed by atoms with E-state index >= 15 is 0 Å². The van der Waals surface area contributed by atoms with Crippen molar-refractivity contribution in [1.82, 2.24) is 5.32 Å². The molecule has 0 unspecified atom stereocenters. The van der Waals surface area contributed by atoms with Crippen LogP contribution in [0.2, 0.25) is 0 Å². The second kappa shape index (κ2) is 4.53. The second-order valence-electron chi connectivity index (χ2n) is 3.04. The van der Waals surface area contributed by atoms with Crippen molar-refractivity contribution in [1.29, 1.82) is 0 Å². The van der Waals surface area contributed by atoms with Crippen molar-refractivity contribution in [2.24, 2.45) is 0 Å². The van der Waals surface area contributed by atoms with Crippen LogP contribution in [0.25, 0.3) is 0 Å². The Bertz CT molecular complexity index is 204. The zero-order valence-corrected chi connectivity index (χ0v) is 7.77. The van der Waals surface area contributed by atoms with Gasteiger partial charge >= 0.3 is 0 Å². The predicted molar refractivity (Wildman–Crippen MR) is 50.8 cm³/mol. The zero-order valence-electron chi connectivity index (χ0n) is 6.95. The van der Waals surface area contributed by atoms with Crippen LogP contribution in [0.15, 0.2) is 22.8 Å². The molecule has 1 aliphatic heterocycles. The monoisotopic (exact) mass is 187 g/mol. The minimum atomic E-state index is 0. The summed E-state index contributed by atoms with van der Waals surface area (Å²) in [6.07, 6.45) is 4.19. The lowest BCUT2D eigenvalue weighted by Gasteiger charge is -2.20. The van der Waals surface area contributed by atoms with Gasteiger partial charge in [-0.1, -0.05) is 0 Å². The fraction of sp³-hybridized carbons (Fsp3) is 0.556. The molecule has 3 heteroatoms. The van der Waals surface area contributed by atoms with E-state index < -0.39 is 0 Å². The lowest BCUT2D eigenvalue weighted by Crippen LogP contribution is -2.26. The Morgan fingerprint density at radius 2 is 2.08 bits per heavy atom. The van der Waals surface area contributed by atoms with Crippen LogP contribution in [0, 0.1) is 0 Å². The van der Waals surface area contributed by atoms with Crippen molar-refractivity contribution in [2.75, 3.05) is 13.1 Å². The van der Waals surface area contributed by atoms with E-state index in [2.05, 4.69) is 11.4 Å². The molecule has 1 saturated heterocycles. The van der Waals surface area contributed by atoms with Gasteiger partial charge in [0.15, 0.2) is 0 Å². The third-order valence-corrected chi connectivity index (χ3v) is 2.28. The lowest BCUT2D eigenvalue weighted by atomic mass is 9.96. The van der Waals surface area contributed by atoms with Gasteiger partial charge in [0.2, 0.25) is 0 Å². The molecule has 0 spiro atoms. The summed E-state index contributed by atoms with van der Waals surface area (Å²) in [4.78, 5) is 0. The van der Waals surface area contributed by atoms with Gasteiger partial charge in [0, 0.05) is 5.92 Å². The summed E-state index contributed by atoms with van der Waals surface area (Å²) >= 11 is 0. The van der Waals surface area contributed by atoms with Crippen molar-refractivity contribution < 1.29 is 4.42 Å². The lowest BCUT2D eigenvalue weighted by molar-refractivity contribution is 0.386. The molecule has 1 aliphatic rings. The van der Waals surface area contributed by atoms with Gasteiger partial charge in [-0.05, 0) is 38.1 Å². The molecule has 1 N–H and O–H groups in total. The van der Waals surface area contributed by atoms with Crippen molar-refractivity contribution in [3.05, 3.63) is 24.2 Å². The maximum absolute atomic E-state index is 5.35. The van der Waals surface area contributed by atoms with Crippen molar-refractivity contribution in [3.63, 3.8) is 0 Å². The first-order valence-electron chi connectivity index (χ1n) is 4.21. The maximum atomic E-state index is 5.35. The predicted octanol–water partition coefficient (Wildman–Crippen LogP) is 2.17. The van der Waals surface area contributed by atoms with Crippen LogP contribution in [-0.4, -0.2) is 13.1 Å². The van der Waals surface area contributed by atoms with Crippen molar-refractivity contribution in [2.45, 2.75) is 18.8 Å². The molecular formula is C9H14ClNO. The topological polar surface area (TPSA) is 25.2 Å². The standard InChI is InChI=1S/C9H13NO.ClH/c1-2-9(11-7-1)8-3-5-10-6-4-8;/h1-2,7-8,10H,3-6H2;1H. The van der Waals surface area contributed by atoms with E-state index in [1.165, 1.54) is 12.8 Å². The van der Waals surface area contributed by atoms with E-state index in [9.17, 15) is 0 Å². The molecular weight excluding hydrogens is 174 g/mol. The molecule has 1 fully saturated rings. The largest absolute Gasteiger partial charge is 0.469 e. The number of hydrogen-bond donors (Lipinski definition) is 1. The number of hydrogen-bond acceptors (Lipinski definition) is 2. The van der Waals surface area contributed by atoms with E-state index in [0.29, 0.717) is 5.92 Å². The molecule has 0 saturated carbocycles. The quantitative estimate of drug-likeness (QED) is 0.729. The first-order chi connectivity index (χ1) is 5.47. The van der Waals surface area contributed by atoms with Crippen LogP contribution in [-0.2, 0) is 0 Å². The summed E-state index contributed by atoms with van der Waals surface area (Å²) < 4.78 is 5.35. The Labute approximate surface area is 78.7 Å². The average Bonchev–Trinajstić information content (AvgIpc) is 2.58. The highest BCUT2D eigenvalue weighted by Crippen LogP contribution is 2.24. The number of furan rings is 1. The Balaban J connectivity index is 0.000000720. The maximum Gasteiger partial charge on any atom is 0.106 e. The molecule has 0 aromatic carbocycles. The van der Waals surface area contributed by atoms with Gasteiger partial charge in [0.1, 0.15) is 5.76 Å². The van der Waals surface area contributed by atoms with E-state index in [-0.39, 0.29) is 12.4 Å². The summed E-state index contributed by atoms with van der Waals surface area (Å²) in [5, 5.41) is 3.33. The van der Waals surface area contributed by atoms with Gasteiger partial charge in [-0.15, -0.1) is 12.4 Å². The molecule has 0 bridgehead atoms. The number of piperidine rings is 1. The molecule has 1 aromatic rings. The summed E-state index contributed by atoms with van der Waals surface area (Å²) in [5.74, 6) is 1.82. The van der Waals surface area contributed by atoms with E-state index in [0.717, 1.165) is 18.8 Å². The fourth-order valence-corrected chi connectivity index (χ4v) is 1.63. The molecule has 2 nitrogen and oxygen atoms in total. The summed E-state index contributed by atoms with van der Waals surface area (Å²) in [6, 6.07) is 4.05. The van der Waals surface area contributed by atoms with Gasteiger partial charge in [-0.3, -0.25) is 0 Å². The Kier molecular flexibility index (Phi) is 3.63. The highest BCUT2D eigenvalue weighted by molar-refractivity contribution is 5.85. The molecule has 0 atom stereocenters. The van der Waals surface area contributed by atoms with Crippen LogP contribution in [0.3, 0.4) is 0 Å². The molecule has 12 heavy (non-hydrogen) atoms. The van der Waals surface area contributed by atoms with E-state index in [1.807, 2.05) is 6.07 Å². The molecule has 2 rings (SSSR count). The number of nitrogens with one attached hydrogen (secondary N) is 1. The van der Waals surface area contributed by atoms with Gasteiger partial charge in [-0.25, -0.2) is 0 Å². The van der Waals surface area contributed by atoms with Crippen LogP contribution >= 0.6 is 12.4 Å². The minimum Gasteiger partial charge on any atom is -0.469 e.